The van der Waals surface area contributed by atoms with Crippen molar-refractivity contribution in [2.45, 2.75) is 39.2 Å². The average Bonchev–Trinajstić information content (AvgIpc) is 3.14. The van der Waals surface area contributed by atoms with Crippen LogP contribution < -0.4 is 15.5 Å². The summed E-state index contributed by atoms with van der Waals surface area (Å²) in [6.45, 7) is 7.36. The zero-order chi connectivity index (χ0) is 17.6. The number of piperidine rings is 1. The molecule has 0 bridgehead atoms. The fourth-order valence-electron chi connectivity index (χ4n) is 3.52. The number of thiocarbonyl (C=S) groups is 1. The van der Waals surface area contributed by atoms with Gasteiger partial charge in [0.15, 0.2) is 16.9 Å². The lowest BCUT2D eigenvalue weighted by Crippen LogP contribution is -3.13. The number of hydrogen-bond donors (Lipinski definition) is 3. The molecule has 0 amide bonds. The molecular weight excluding hydrogens is 330 g/mol. The molecule has 0 unspecified atom stereocenters. The molecular formula is C20H28N3OS+. The summed E-state index contributed by atoms with van der Waals surface area (Å²) in [6.07, 6.45) is 5.68. The van der Waals surface area contributed by atoms with Gasteiger partial charge >= 0.3 is 0 Å². The van der Waals surface area contributed by atoms with Crippen LogP contribution in [0.3, 0.4) is 0 Å². The van der Waals surface area contributed by atoms with Gasteiger partial charge in [-0.3, -0.25) is 0 Å². The molecule has 2 aromatic rings. The lowest BCUT2D eigenvalue weighted by Gasteiger charge is -2.30. The number of hydrogen-bond acceptors (Lipinski definition) is 2. The standard InChI is InChI=1S/C20H27N3OS/c1-15-8-9-16(2)17(13-15)22-20(25)21-14-18(19-7-6-12-24-19)23-10-4-3-5-11-23/h6-9,12-13,18H,3-5,10-11,14H2,1-2H3,(H2,21,22,25)/p+1/t18-/m1/s1. The summed E-state index contributed by atoms with van der Waals surface area (Å²) in [6, 6.07) is 10.7. The minimum absolute atomic E-state index is 0.300. The molecule has 1 aromatic carbocycles. The van der Waals surface area contributed by atoms with E-state index in [1.165, 1.54) is 43.5 Å². The van der Waals surface area contributed by atoms with Gasteiger partial charge in [0.05, 0.1) is 25.9 Å². The predicted octanol–water partition coefficient (Wildman–Crippen LogP) is 2.99. The molecule has 1 atom stereocenters. The second kappa shape index (κ2) is 8.50. The van der Waals surface area contributed by atoms with Gasteiger partial charge in [0.2, 0.25) is 0 Å². The molecule has 0 aliphatic carbocycles. The first kappa shape index (κ1) is 18.0. The van der Waals surface area contributed by atoms with E-state index in [1.807, 2.05) is 6.07 Å². The zero-order valence-corrected chi connectivity index (χ0v) is 15.9. The van der Waals surface area contributed by atoms with Crippen molar-refractivity contribution in [1.82, 2.24) is 5.32 Å². The lowest BCUT2D eigenvalue weighted by molar-refractivity contribution is -0.936. The molecule has 0 radical (unpaired) electrons. The summed E-state index contributed by atoms with van der Waals surface area (Å²) in [7, 11) is 0. The summed E-state index contributed by atoms with van der Waals surface area (Å²) < 4.78 is 5.71. The van der Waals surface area contributed by atoms with Gasteiger partial charge in [-0.25, -0.2) is 0 Å². The highest BCUT2D eigenvalue weighted by atomic mass is 32.1. The molecule has 25 heavy (non-hydrogen) atoms. The fourth-order valence-corrected chi connectivity index (χ4v) is 3.72. The number of anilines is 1. The Morgan fingerprint density at radius 2 is 2.00 bits per heavy atom. The van der Waals surface area contributed by atoms with Crippen LogP contribution in [0.4, 0.5) is 5.69 Å². The van der Waals surface area contributed by atoms with E-state index in [-0.39, 0.29) is 0 Å². The minimum Gasteiger partial charge on any atom is -0.463 e. The third kappa shape index (κ3) is 4.83. The largest absolute Gasteiger partial charge is 0.463 e. The number of furan rings is 1. The normalized spacial score (nSPS) is 16.4. The van der Waals surface area contributed by atoms with Gasteiger partial charge in [-0.15, -0.1) is 0 Å². The Balaban J connectivity index is 1.62. The topological polar surface area (TPSA) is 41.6 Å². The van der Waals surface area contributed by atoms with Crippen LogP contribution in [0.15, 0.2) is 41.0 Å². The average molecular weight is 359 g/mol. The molecule has 1 fully saturated rings. The van der Waals surface area contributed by atoms with E-state index in [0.717, 1.165) is 18.0 Å². The molecule has 134 valence electrons. The molecule has 4 nitrogen and oxygen atoms in total. The highest BCUT2D eigenvalue weighted by molar-refractivity contribution is 7.80. The van der Waals surface area contributed by atoms with Crippen LogP contribution in [0, 0.1) is 13.8 Å². The van der Waals surface area contributed by atoms with Gasteiger partial charge in [0.1, 0.15) is 0 Å². The minimum atomic E-state index is 0.300. The lowest BCUT2D eigenvalue weighted by atomic mass is 10.1. The molecule has 1 aromatic heterocycles. The fraction of sp³-hybridized carbons (Fsp3) is 0.450. The summed E-state index contributed by atoms with van der Waals surface area (Å²) in [5.41, 5.74) is 3.48. The number of benzene rings is 1. The zero-order valence-electron chi connectivity index (χ0n) is 15.1. The SMILES string of the molecule is Cc1ccc(C)c(NC(=S)NC[C@H](c2ccco2)[NH+]2CCCCC2)c1. The highest BCUT2D eigenvalue weighted by Gasteiger charge is 2.28. The first-order valence-corrected chi connectivity index (χ1v) is 9.54. The number of quaternary nitrogens is 1. The first-order valence-electron chi connectivity index (χ1n) is 9.13. The summed E-state index contributed by atoms with van der Waals surface area (Å²) in [4.78, 5) is 1.59. The van der Waals surface area contributed by atoms with Gasteiger partial charge in [0, 0.05) is 5.69 Å². The third-order valence-corrected chi connectivity index (χ3v) is 5.23. The quantitative estimate of drug-likeness (QED) is 0.719. The molecule has 0 saturated carbocycles. The van der Waals surface area contributed by atoms with E-state index in [4.69, 9.17) is 16.6 Å². The van der Waals surface area contributed by atoms with E-state index in [1.54, 1.807) is 11.2 Å². The molecule has 5 heteroatoms. The maximum absolute atomic E-state index is 5.71. The molecule has 2 heterocycles. The van der Waals surface area contributed by atoms with Crippen molar-refractivity contribution in [2.75, 3.05) is 25.0 Å². The Morgan fingerprint density at radius 1 is 1.20 bits per heavy atom. The highest BCUT2D eigenvalue weighted by Crippen LogP contribution is 2.16. The number of aryl methyl sites for hydroxylation is 2. The molecule has 0 spiro atoms. The summed E-state index contributed by atoms with van der Waals surface area (Å²) >= 11 is 5.53. The summed E-state index contributed by atoms with van der Waals surface area (Å²) in [5, 5.41) is 7.41. The van der Waals surface area contributed by atoms with Gasteiger partial charge in [-0.2, -0.15) is 0 Å². The van der Waals surface area contributed by atoms with Gasteiger partial charge in [0.25, 0.3) is 0 Å². The number of nitrogens with one attached hydrogen (secondary N) is 3. The Kier molecular flexibility index (Phi) is 6.10. The van der Waals surface area contributed by atoms with Crippen LogP contribution in [0.25, 0.3) is 0 Å². The van der Waals surface area contributed by atoms with Crippen LogP contribution in [0.1, 0.15) is 42.2 Å². The van der Waals surface area contributed by atoms with Crippen molar-refractivity contribution in [3.63, 3.8) is 0 Å². The van der Waals surface area contributed by atoms with Crippen molar-refractivity contribution < 1.29 is 9.32 Å². The third-order valence-electron chi connectivity index (χ3n) is 4.98. The number of rotatable bonds is 5. The maximum atomic E-state index is 5.71. The van der Waals surface area contributed by atoms with Crippen LogP contribution in [-0.2, 0) is 0 Å². The monoisotopic (exact) mass is 358 g/mol. The second-order valence-electron chi connectivity index (χ2n) is 6.94. The van der Waals surface area contributed by atoms with Crippen LogP contribution in [-0.4, -0.2) is 24.7 Å². The molecule has 3 rings (SSSR count). The van der Waals surface area contributed by atoms with Crippen molar-refractivity contribution in [1.29, 1.82) is 0 Å². The Bertz CT molecular complexity index is 693. The van der Waals surface area contributed by atoms with E-state index in [9.17, 15) is 0 Å². The van der Waals surface area contributed by atoms with Gasteiger partial charge in [-0.1, -0.05) is 12.1 Å². The Hall–Kier alpha value is -1.85. The smallest absolute Gasteiger partial charge is 0.171 e. The van der Waals surface area contributed by atoms with Gasteiger partial charge in [-0.05, 0) is 74.7 Å². The Labute approximate surface area is 155 Å². The van der Waals surface area contributed by atoms with Crippen LogP contribution in [0.2, 0.25) is 0 Å². The van der Waals surface area contributed by atoms with Gasteiger partial charge < -0.3 is 20.0 Å². The second-order valence-corrected chi connectivity index (χ2v) is 7.35. The molecule has 1 aliphatic rings. The van der Waals surface area contributed by atoms with Crippen molar-refractivity contribution in [3.05, 3.63) is 53.5 Å². The molecule has 3 N–H and O–H groups in total. The van der Waals surface area contributed by atoms with Crippen LogP contribution in [0.5, 0.6) is 0 Å². The van der Waals surface area contributed by atoms with E-state index >= 15 is 0 Å². The summed E-state index contributed by atoms with van der Waals surface area (Å²) in [5.74, 6) is 1.04. The van der Waals surface area contributed by atoms with E-state index in [2.05, 4.69) is 48.7 Å². The maximum Gasteiger partial charge on any atom is 0.171 e. The molecule has 1 saturated heterocycles. The van der Waals surface area contributed by atoms with E-state index in [0.29, 0.717) is 11.2 Å². The first-order chi connectivity index (χ1) is 12.1. The van der Waals surface area contributed by atoms with Crippen molar-refractivity contribution in [2.24, 2.45) is 0 Å². The number of likely N-dealkylation sites (tertiary alicyclic amines) is 1. The van der Waals surface area contributed by atoms with E-state index < -0.39 is 0 Å². The van der Waals surface area contributed by atoms with Crippen molar-refractivity contribution in [3.8, 4) is 0 Å². The predicted molar refractivity (Wildman–Crippen MR) is 106 cm³/mol. The molecule has 1 aliphatic heterocycles. The Morgan fingerprint density at radius 3 is 2.72 bits per heavy atom. The van der Waals surface area contributed by atoms with Crippen LogP contribution >= 0.6 is 12.2 Å². The van der Waals surface area contributed by atoms with Crippen molar-refractivity contribution >= 4 is 23.0 Å².